The van der Waals surface area contributed by atoms with Crippen LogP contribution in [0.15, 0.2) is 47.9 Å². The van der Waals surface area contributed by atoms with Crippen molar-refractivity contribution in [2.75, 3.05) is 39.8 Å². The average Bonchev–Trinajstić information content (AvgIpc) is 2.65. The van der Waals surface area contributed by atoms with E-state index in [1.807, 2.05) is 36.6 Å². The molecule has 0 saturated heterocycles. The number of ether oxygens (including phenoxy) is 4. The first-order chi connectivity index (χ1) is 12.2. The summed E-state index contributed by atoms with van der Waals surface area (Å²) in [5.74, 6) is 1.10. The molecule has 0 bridgehead atoms. The van der Waals surface area contributed by atoms with Crippen LogP contribution in [0.4, 0.5) is 0 Å². The molecule has 5 nitrogen and oxygen atoms in total. The number of benzene rings is 2. The molecule has 0 aliphatic heterocycles. The molecule has 2 aromatic rings. The number of esters is 1. The van der Waals surface area contributed by atoms with E-state index in [4.69, 9.17) is 18.9 Å². The molecule has 0 fully saturated rings. The number of hydrogen-bond acceptors (Lipinski definition) is 6. The maximum atomic E-state index is 11.1. The highest BCUT2D eigenvalue weighted by molar-refractivity contribution is 7.98. The summed E-state index contributed by atoms with van der Waals surface area (Å²) in [5, 5.41) is 1.92. The Morgan fingerprint density at radius 3 is 2.52 bits per heavy atom. The molecule has 0 heterocycles. The van der Waals surface area contributed by atoms with Crippen LogP contribution >= 0.6 is 11.8 Å². The van der Waals surface area contributed by atoms with E-state index in [9.17, 15) is 4.79 Å². The zero-order chi connectivity index (χ0) is 18.1. The summed E-state index contributed by atoms with van der Waals surface area (Å²) in [5.41, 5.74) is 0. The van der Waals surface area contributed by atoms with Gasteiger partial charge in [0, 0.05) is 24.0 Å². The number of methoxy groups -OCH3 is 1. The Hall–Kier alpha value is -2.18. The second-order valence-corrected chi connectivity index (χ2v) is 5.86. The third-order valence-corrected chi connectivity index (χ3v) is 4.17. The molecule has 0 radical (unpaired) electrons. The molecule has 0 unspecified atom stereocenters. The molecule has 0 spiro atoms. The van der Waals surface area contributed by atoms with Crippen LogP contribution < -0.4 is 9.47 Å². The highest BCUT2D eigenvalue weighted by atomic mass is 32.2. The van der Waals surface area contributed by atoms with Crippen molar-refractivity contribution >= 4 is 28.5 Å². The van der Waals surface area contributed by atoms with Gasteiger partial charge in [-0.05, 0) is 12.3 Å². The Morgan fingerprint density at radius 1 is 1.12 bits per heavy atom. The largest absolute Gasteiger partial charge is 0.490 e. The molecule has 6 heteroatoms. The number of fused-ring (bicyclic) bond motifs is 1. The molecule has 0 N–H and O–H groups in total. The molecule has 134 valence electrons. The van der Waals surface area contributed by atoms with Crippen molar-refractivity contribution in [1.29, 1.82) is 0 Å². The molecule has 0 aliphatic rings. The Kier molecular flexibility index (Phi) is 7.63. The van der Waals surface area contributed by atoms with Crippen LogP contribution in [-0.4, -0.2) is 45.8 Å². The van der Waals surface area contributed by atoms with Crippen LogP contribution in [0.1, 0.15) is 0 Å². The molecule has 2 rings (SSSR count). The molecule has 0 saturated carbocycles. The van der Waals surface area contributed by atoms with Gasteiger partial charge in [0.15, 0.2) is 0 Å². The van der Waals surface area contributed by atoms with Gasteiger partial charge < -0.3 is 18.9 Å². The smallest absolute Gasteiger partial charge is 0.330 e. The van der Waals surface area contributed by atoms with E-state index in [0.717, 1.165) is 33.2 Å². The SMILES string of the molecule is C=CC(=O)OCCOc1c(SC)cc(OCCOC)c2ccccc12. The summed E-state index contributed by atoms with van der Waals surface area (Å²) in [6, 6.07) is 9.86. The number of carbonyl (C=O) groups is 1. The molecule has 25 heavy (non-hydrogen) atoms. The van der Waals surface area contributed by atoms with E-state index >= 15 is 0 Å². The van der Waals surface area contributed by atoms with E-state index in [-0.39, 0.29) is 13.2 Å². The second-order valence-electron chi connectivity index (χ2n) is 5.01. The predicted octanol–water partition coefficient (Wildman–Crippen LogP) is 3.69. The molecule has 0 atom stereocenters. The highest BCUT2D eigenvalue weighted by Crippen LogP contribution is 2.41. The average molecular weight is 362 g/mol. The minimum atomic E-state index is -0.458. The monoisotopic (exact) mass is 362 g/mol. The van der Waals surface area contributed by atoms with Gasteiger partial charge in [-0.2, -0.15) is 0 Å². The van der Waals surface area contributed by atoms with Gasteiger partial charge in [-0.25, -0.2) is 4.79 Å². The van der Waals surface area contributed by atoms with Crippen LogP contribution in [0.5, 0.6) is 11.5 Å². The Morgan fingerprint density at radius 2 is 1.84 bits per heavy atom. The first kappa shape index (κ1) is 19.1. The van der Waals surface area contributed by atoms with Gasteiger partial charge in [0.1, 0.15) is 31.3 Å². The summed E-state index contributed by atoms with van der Waals surface area (Å²) < 4.78 is 21.8. The summed E-state index contributed by atoms with van der Waals surface area (Å²) in [6.07, 6.45) is 3.11. The van der Waals surface area contributed by atoms with Crippen LogP contribution in [0, 0.1) is 0 Å². The fourth-order valence-electron chi connectivity index (χ4n) is 2.29. The molecule has 0 aromatic heterocycles. The van der Waals surface area contributed by atoms with Gasteiger partial charge >= 0.3 is 5.97 Å². The van der Waals surface area contributed by atoms with Gasteiger partial charge in [0.2, 0.25) is 0 Å². The molecular weight excluding hydrogens is 340 g/mol. The van der Waals surface area contributed by atoms with Crippen molar-refractivity contribution in [2.24, 2.45) is 0 Å². The van der Waals surface area contributed by atoms with E-state index in [1.165, 1.54) is 0 Å². The van der Waals surface area contributed by atoms with Crippen molar-refractivity contribution in [3.05, 3.63) is 43.0 Å². The minimum Gasteiger partial charge on any atom is -0.490 e. The van der Waals surface area contributed by atoms with E-state index in [1.54, 1.807) is 18.9 Å². The lowest BCUT2D eigenvalue weighted by Gasteiger charge is -2.17. The van der Waals surface area contributed by atoms with Gasteiger partial charge in [-0.1, -0.05) is 30.8 Å². The molecular formula is C19H22O5S. The first-order valence-corrected chi connectivity index (χ1v) is 9.07. The van der Waals surface area contributed by atoms with Gasteiger partial charge in [-0.3, -0.25) is 0 Å². The summed E-state index contributed by atoms with van der Waals surface area (Å²) in [4.78, 5) is 12.1. The van der Waals surface area contributed by atoms with Crippen LogP contribution in [0.25, 0.3) is 10.8 Å². The second kappa shape index (κ2) is 9.96. The topological polar surface area (TPSA) is 54.0 Å². The quantitative estimate of drug-likeness (QED) is 0.278. The maximum absolute atomic E-state index is 11.1. The number of carbonyl (C=O) groups excluding carboxylic acids is 1. The van der Waals surface area contributed by atoms with Crippen molar-refractivity contribution in [3.63, 3.8) is 0 Å². The lowest BCUT2D eigenvalue weighted by atomic mass is 10.1. The summed E-state index contributed by atoms with van der Waals surface area (Å²) >= 11 is 1.57. The minimum absolute atomic E-state index is 0.166. The van der Waals surface area contributed by atoms with Crippen LogP contribution in [0.2, 0.25) is 0 Å². The van der Waals surface area contributed by atoms with Gasteiger partial charge in [0.05, 0.1) is 11.5 Å². The molecule has 2 aromatic carbocycles. The fourth-order valence-corrected chi connectivity index (χ4v) is 2.87. The van der Waals surface area contributed by atoms with Gasteiger partial charge in [-0.15, -0.1) is 11.8 Å². The Labute approximate surface area is 151 Å². The first-order valence-electron chi connectivity index (χ1n) is 7.84. The van der Waals surface area contributed by atoms with Crippen molar-refractivity contribution < 1.29 is 23.7 Å². The Balaban J connectivity index is 2.24. The lowest BCUT2D eigenvalue weighted by Crippen LogP contribution is -2.11. The maximum Gasteiger partial charge on any atom is 0.330 e. The standard InChI is InChI=1S/C19H22O5S/c1-4-18(20)23-11-12-24-19-15-8-6-5-7-14(15)16(13-17(19)25-3)22-10-9-21-2/h4-8,13H,1,9-12H2,2-3H3. The normalized spacial score (nSPS) is 10.5. The van der Waals surface area contributed by atoms with Gasteiger partial charge in [0.25, 0.3) is 0 Å². The fraction of sp³-hybridized carbons (Fsp3) is 0.316. The zero-order valence-electron chi connectivity index (χ0n) is 14.4. The van der Waals surface area contributed by atoms with E-state index in [2.05, 4.69) is 6.58 Å². The zero-order valence-corrected chi connectivity index (χ0v) is 15.3. The summed E-state index contributed by atoms with van der Waals surface area (Å²) in [6.45, 7) is 4.80. The number of rotatable bonds is 10. The number of hydrogen-bond donors (Lipinski definition) is 0. The Bertz CT molecular complexity index is 729. The van der Waals surface area contributed by atoms with Crippen molar-refractivity contribution in [3.8, 4) is 11.5 Å². The van der Waals surface area contributed by atoms with Crippen LogP contribution in [0.3, 0.4) is 0 Å². The predicted molar refractivity (Wildman–Crippen MR) is 99.8 cm³/mol. The highest BCUT2D eigenvalue weighted by Gasteiger charge is 2.14. The summed E-state index contributed by atoms with van der Waals surface area (Å²) in [7, 11) is 1.64. The molecule has 0 aliphatic carbocycles. The molecule has 0 amide bonds. The van der Waals surface area contributed by atoms with E-state index in [0.29, 0.717) is 13.2 Å². The third kappa shape index (κ3) is 5.14. The van der Waals surface area contributed by atoms with E-state index < -0.39 is 5.97 Å². The third-order valence-electron chi connectivity index (χ3n) is 3.43. The van der Waals surface area contributed by atoms with Crippen molar-refractivity contribution in [2.45, 2.75) is 4.90 Å². The lowest BCUT2D eigenvalue weighted by molar-refractivity contribution is -0.138. The van der Waals surface area contributed by atoms with Crippen molar-refractivity contribution in [1.82, 2.24) is 0 Å². The van der Waals surface area contributed by atoms with Crippen LogP contribution in [-0.2, 0) is 14.3 Å². The number of thioether (sulfide) groups is 1.